The molecule has 0 unspecified atom stereocenters. The Morgan fingerprint density at radius 1 is 1.00 bits per heavy atom. The highest BCUT2D eigenvalue weighted by molar-refractivity contribution is 7.15. The van der Waals surface area contributed by atoms with E-state index in [0.717, 1.165) is 33.2 Å². The van der Waals surface area contributed by atoms with E-state index in [4.69, 9.17) is 15.2 Å². The maximum atomic E-state index is 5.95. The van der Waals surface area contributed by atoms with Gasteiger partial charge in [0.05, 0.1) is 19.9 Å². The fourth-order valence-electron chi connectivity index (χ4n) is 2.58. The molecule has 0 fully saturated rings. The van der Waals surface area contributed by atoms with E-state index in [0.29, 0.717) is 11.6 Å². The Hall–Kier alpha value is -2.53. The van der Waals surface area contributed by atoms with E-state index in [9.17, 15) is 0 Å². The third-order valence-electron chi connectivity index (χ3n) is 3.60. The van der Waals surface area contributed by atoms with Gasteiger partial charge in [-0.2, -0.15) is 0 Å². The number of aromatic nitrogens is 1. The summed E-state index contributed by atoms with van der Waals surface area (Å²) >= 11 is 1.51. The maximum Gasteiger partial charge on any atom is 0.180 e. The molecule has 0 aliphatic carbocycles. The van der Waals surface area contributed by atoms with Gasteiger partial charge in [-0.3, -0.25) is 0 Å². The molecular formula is C18H18N2O2S. The van der Waals surface area contributed by atoms with Gasteiger partial charge in [0.2, 0.25) is 0 Å². The Kier molecular flexibility index (Phi) is 4.48. The van der Waals surface area contributed by atoms with Crippen LogP contribution < -0.4 is 15.2 Å². The van der Waals surface area contributed by atoms with Crippen LogP contribution in [-0.2, 0) is 6.42 Å². The van der Waals surface area contributed by atoms with Crippen LogP contribution in [0.5, 0.6) is 11.5 Å². The van der Waals surface area contributed by atoms with Crippen LogP contribution in [-0.4, -0.2) is 19.2 Å². The van der Waals surface area contributed by atoms with Gasteiger partial charge >= 0.3 is 0 Å². The largest absolute Gasteiger partial charge is 0.493 e. The standard InChI is InChI=1S/C18H18N2O2S/c1-21-14-10-6-9-13(17(14)22-2)11-15-16(20-18(19)23-15)12-7-4-3-5-8-12/h3-10H,11H2,1-2H3,(H2,19,20). The first-order valence-corrected chi connectivity index (χ1v) is 8.05. The Bertz CT molecular complexity index is 800. The van der Waals surface area contributed by atoms with Gasteiger partial charge < -0.3 is 15.2 Å². The number of anilines is 1. The van der Waals surface area contributed by atoms with Crippen molar-refractivity contribution >= 4 is 16.5 Å². The minimum atomic E-state index is 0.570. The third-order valence-corrected chi connectivity index (χ3v) is 4.48. The molecule has 0 atom stereocenters. The van der Waals surface area contributed by atoms with Crippen LogP contribution in [0.15, 0.2) is 48.5 Å². The Morgan fingerprint density at radius 2 is 1.78 bits per heavy atom. The van der Waals surface area contributed by atoms with Crippen molar-refractivity contribution in [2.45, 2.75) is 6.42 Å². The Morgan fingerprint density at radius 3 is 2.48 bits per heavy atom. The van der Waals surface area contributed by atoms with Crippen molar-refractivity contribution in [3.8, 4) is 22.8 Å². The van der Waals surface area contributed by atoms with E-state index < -0.39 is 0 Å². The van der Waals surface area contributed by atoms with E-state index in [-0.39, 0.29) is 0 Å². The van der Waals surface area contributed by atoms with Crippen molar-refractivity contribution < 1.29 is 9.47 Å². The summed E-state index contributed by atoms with van der Waals surface area (Å²) in [5, 5.41) is 0.570. The molecule has 118 valence electrons. The van der Waals surface area contributed by atoms with Crippen molar-refractivity contribution in [1.82, 2.24) is 4.98 Å². The number of para-hydroxylation sites is 1. The van der Waals surface area contributed by atoms with Crippen LogP contribution in [0.2, 0.25) is 0 Å². The van der Waals surface area contributed by atoms with Crippen molar-refractivity contribution in [1.29, 1.82) is 0 Å². The van der Waals surface area contributed by atoms with E-state index in [2.05, 4.69) is 4.98 Å². The summed E-state index contributed by atoms with van der Waals surface area (Å²) in [4.78, 5) is 5.61. The average Bonchev–Trinajstić information content (AvgIpc) is 2.95. The zero-order chi connectivity index (χ0) is 16.2. The first-order chi connectivity index (χ1) is 11.2. The molecule has 0 saturated heterocycles. The lowest BCUT2D eigenvalue weighted by atomic mass is 10.0. The molecule has 0 radical (unpaired) electrons. The van der Waals surface area contributed by atoms with E-state index >= 15 is 0 Å². The molecule has 1 aromatic heterocycles. The Labute approximate surface area is 139 Å². The summed E-state index contributed by atoms with van der Waals surface area (Å²) in [7, 11) is 3.29. The highest BCUT2D eigenvalue weighted by Gasteiger charge is 2.16. The van der Waals surface area contributed by atoms with E-state index in [1.54, 1.807) is 14.2 Å². The van der Waals surface area contributed by atoms with Crippen LogP contribution in [0.4, 0.5) is 5.13 Å². The van der Waals surface area contributed by atoms with Gasteiger partial charge in [0.15, 0.2) is 16.6 Å². The lowest BCUT2D eigenvalue weighted by Gasteiger charge is -2.12. The zero-order valence-electron chi connectivity index (χ0n) is 13.1. The molecule has 0 spiro atoms. The molecule has 5 heteroatoms. The number of nitrogens with two attached hydrogens (primary N) is 1. The van der Waals surface area contributed by atoms with Crippen molar-refractivity contribution in [2.24, 2.45) is 0 Å². The average molecular weight is 326 g/mol. The number of rotatable bonds is 5. The molecule has 0 aliphatic heterocycles. The summed E-state index contributed by atoms with van der Waals surface area (Å²) in [6.45, 7) is 0. The summed E-state index contributed by atoms with van der Waals surface area (Å²) in [6, 6.07) is 16.0. The van der Waals surface area contributed by atoms with Crippen molar-refractivity contribution in [2.75, 3.05) is 20.0 Å². The molecule has 23 heavy (non-hydrogen) atoms. The number of methoxy groups -OCH3 is 2. The predicted octanol–water partition coefficient (Wildman–Crippen LogP) is 4.00. The molecular weight excluding hydrogens is 308 g/mol. The predicted molar refractivity (Wildman–Crippen MR) is 94.3 cm³/mol. The molecule has 0 amide bonds. The van der Waals surface area contributed by atoms with Gasteiger partial charge in [-0.1, -0.05) is 42.5 Å². The second-order valence-electron chi connectivity index (χ2n) is 5.02. The van der Waals surface area contributed by atoms with Gasteiger partial charge in [0.25, 0.3) is 0 Å². The lowest BCUT2D eigenvalue weighted by molar-refractivity contribution is 0.352. The van der Waals surface area contributed by atoms with Crippen molar-refractivity contribution in [3.63, 3.8) is 0 Å². The minimum absolute atomic E-state index is 0.570. The quantitative estimate of drug-likeness (QED) is 0.770. The minimum Gasteiger partial charge on any atom is -0.493 e. The first-order valence-electron chi connectivity index (χ1n) is 7.23. The number of hydrogen-bond donors (Lipinski definition) is 1. The molecule has 0 aliphatic rings. The summed E-state index contributed by atoms with van der Waals surface area (Å²) in [5.41, 5.74) is 8.99. The van der Waals surface area contributed by atoms with E-state index in [1.807, 2.05) is 48.5 Å². The molecule has 3 rings (SSSR count). The summed E-state index contributed by atoms with van der Waals surface area (Å²) < 4.78 is 10.9. The molecule has 2 N–H and O–H groups in total. The van der Waals surface area contributed by atoms with Gasteiger partial charge in [0, 0.05) is 22.4 Å². The molecule has 4 nitrogen and oxygen atoms in total. The normalized spacial score (nSPS) is 10.5. The summed E-state index contributed by atoms with van der Waals surface area (Å²) in [6.07, 6.45) is 0.694. The number of ether oxygens (including phenoxy) is 2. The smallest absolute Gasteiger partial charge is 0.180 e. The molecule has 0 bridgehead atoms. The molecule has 1 heterocycles. The fraction of sp³-hybridized carbons (Fsp3) is 0.167. The van der Waals surface area contributed by atoms with Crippen LogP contribution >= 0.6 is 11.3 Å². The lowest BCUT2D eigenvalue weighted by Crippen LogP contribution is -1.97. The zero-order valence-corrected chi connectivity index (χ0v) is 13.9. The molecule has 3 aromatic rings. The van der Waals surface area contributed by atoms with Gasteiger partial charge in [0.1, 0.15) is 0 Å². The van der Waals surface area contributed by atoms with Crippen LogP contribution in [0, 0.1) is 0 Å². The van der Waals surface area contributed by atoms with Gasteiger partial charge in [-0.05, 0) is 6.07 Å². The topological polar surface area (TPSA) is 57.4 Å². The molecule has 2 aromatic carbocycles. The number of thiazole rings is 1. The monoisotopic (exact) mass is 326 g/mol. The van der Waals surface area contributed by atoms with Crippen LogP contribution in [0.1, 0.15) is 10.4 Å². The number of nitrogen functional groups attached to an aromatic ring is 1. The second-order valence-corrected chi connectivity index (χ2v) is 6.13. The second kappa shape index (κ2) is 6.71. The fourth-order valence-corrected chi connectivity index (χ4v) is 3.45. The number of benzene rings is 2. The number of hydrogen-bond acceptors (Lipinski definition) is 5. The van der Waals surface area contributed by atoms with E-state index in [1.165, 1.54) is 11.3 Å². The number of nitrogens with zero attached hydrogens (tertiary/aromatic N) is 1. The Balaban J connectivity index is 2.02. The molecule has 0 saturated carbocycles. The van der Waals surface area contributed by atoms with Gasteiger partial charge in [-0.15, -0.1) is 11.3 Å². The first kappa shape index (κ1) is 15.4. The van der Waals surface area contributed by atoms with Crippen LogP contribution in [0.25, 0.3) is 11.3 Å². The summed E-state index contributed by atoms with van der Waals surface area (Å²) in [5.74, 6) is 1.48. The van der Waals surface area contributed by atoms with Gasteiger partial charge in [-0.25, -0.2) is 4.98 Å². The SMILES string of the molecule is COc1cccc(Cc2sc(N)nc2-c2ccccc2)c1OC. The van der Waals surface area contributed by atoms with Crippen LogP contribution in [0.3, 0.4) is 0 Å². The third kappa shape index (κ3) is 3.14. The highest BCUT2D eigenvalue weighted by Crippen LogP contribution is 2.36. The van der Waals surface area contributed by atoms with Crippen molar-refractivity contribution in [3.05, 3.63) is 59.0 Å². The maximum absolute atomic E-state index is 5.95. The highest BCUT2D eigenvalue weighted by atomic mass is 32.1.